The van der Waals surface area contributed by atoms with Gasteiger partial charge in [0.25, 0.3) is 0 Å². The monoisotopic (exact) mass is 454 g/mol. The molecule has 0 aromatic heterocycles. The third kappa shape index (κ3) is 3.44. The summed E-state index contributed by atoms with van der Waals surface area (Å²) in [5, 5.41) is 0. The Balaban J connectivity index is 1.17. The Morgan fingerprint density at radius 2 is 1.79 bits per heavy atom. The molecule has 0 aromatic rings. The van der Waals surface area contributed by atoms with Crippen molar-refractivity contribution >= 4 is 11.9 Å². The predicted molar refractivity (Wildman–Crippen MR) is 126 cm³/mol. The molecule has 0 saturated heterocycles. The van der Waals surface area contributed by atoms with Gasteiger partial charge in [-0.25, -0.2) is 0 Å². The van der Waals surface area contributed by atoms with Crippen LogP contribution in [0.3, 0.4) is 0 Å². The van der Waals surface area contributed by atoms with Crippen LogP contribution in [0.4, 0.5) is 0 Å². The fourth-order valence-corrected chi connectivity index (χ4v) is 9.91. The molecule has 0 radical (unpaired) electrons. The van der Waals surface area contributed by atoms with Crippen molar-refractivity contribution in [3.05, 3.63) is 11.6 Å². The number of ether oxygens (including phenoxy) is 2. The largest absolute Gasteiger partial charge is 0.462 e. The second kappa shape index (κ2) is 7.85. The van der Waals surface area contributed by atoms with Gasteiger partial charge >= 0.3 is 11.9 Å². The zero-order valence-corrected chi connectivity index (χ0v) is 20.8. The highest BCUT2D eigenvalue weighted by atomic mass is 16.5. The molecule has 0 spiro atoms. The molecule has 0 aromatic carbocycles. The van der Waals surface area contributed by atoms with Crippen LogP contribution in [0.5, 0.6) is 0 Å². The first-order chi connectivity index (χ1) is 15.8. The second-order valence-corrected chi connectivity index (χ2v) is 13.1. The Bertz CT molecular complexity index is 862. The van der Waals surface area contributed by atoms with E-state index in [1.54, 1.807) is 0 Å². The van der Waals surface area contributed by atoms with Crippen LogP contribution < -0.4 is 0 Å². The summed E-state index contributed by atoms with van der Waals surface area (Å²) in [5.41, 5.74) is 1.88. The normalized spacial score (nSPS) is 50.1. The van der Waals surface area contributed by atoms with Crippen LogP contribution in [0.15, 0.2) is 11.6 Å². The maximum Gasteiger partial charge on any atom is 0.309 e. The number of allylic oxidation sites excluding steroid dienone is 1. The first-order valence-corrected chi connectivity index (χ1v) is 13.8. The lowest BCUT2D eigenvalue weighted by Gasteiger charge is -2.57. The molecule has 6 aliphatic carbocycles. The maximum absolute atomic E-state index is 13.4. The summed E-state index contributed by atoms with van der Waals surface area (Å²) in [6.07, 6.45) is 16.5. The summed E-state index contributed by atoms with van der Waals surface area (Å²) in [5.74, 6) is 3.56. The van der Waals surface area contributed by atoms with E-state index in [1.165, 1.54) is 44.6 Å². The standard InChI is InChI=1S/C29H42O4/c1-17(30)32-21-10-12-28(2)20(16-21)6-7-22-23-8-9-25(29(23,3)13-11-24(22)28)27(31)33-26-15-18-4-5-19(26)14-18/h6,18-19,21-26H,4-5,7-16H2,1-3H3/t18-,19-,21+,22+,23+,24+,25-,26+,28+,29+/m1/s1. The molecule has 5 saturated carbocycles. The van der Waals surface area contributed by atoms with E-state index in [0.29, 0.717) is 23.7 Å². The SMILES string of the molecule is CC(=O)O[C@H]1CC[C@@]2(C)C(=CC[C@H]3[C@@H]4CC[C@H](C(=O)O[C@H]5C[C@@H]6CC[C@@H]5C6)[C@@]4(C)CC[C@@H]32)C1. The molecule has 0 unspecified atom stereocenters. The third-order valence-electron chi connectivity index (χ3n) is 11.6. The van der Waals surface area contributed by atoms with Gasteiger partial charge in [0.15, 0.2) is 0 Å². The van der Waals surface area contributed by atoms with Crippen molar-refractivity contribution in [3.8, 4) is 0 Å². The maximum atomic E-state index is 13.4. The molecule has 182 valence electrons. The van der Waals surface area contributed by atoms with E-state index in [4.69, 9.17) is 9.47 Å². The minimum Gasteiger partial charge on any atom is -0.462 e. The van der Waals surface area contributed by atoms with Crippen LogP contribution in [0.25, 0.3) is 0 Å². The summed E-state index contributed by atoms with van der Waals surface area (Å²) >= 11 is 0. The summed E-state index contributed by atoms with van der Waals surface area (Å²) in [6.45, 7) is 6.44. The van der Waals surface area contributed by atoms with Crippen molar-refractivity contribution in [1.29, 1.82) is 0 Å². The lowest BCUT2D eigenvalue weighted by molar-refractivity contribution is -0.164. The summed E-state index contributed by atoms with van der Waals surface area (Å²) in [7, 11) is 0. The van der Waals surface area contributed by atoms with Crippen molar-refractivity contribution in [2.24, 2.45) is 46.3 Å². The Kier molecular flexibility index (Phi) is 5.27. The average molecular weight is 455 g/mol. The lowest BCUT2D eigenvalue weighted by atomic mass is 9.47. The molecular formula is C29H42O4. The van der Waals surface area contributed by atoms with Crippen molar-refractivity contribution < 1.29 is 19.1 Å². The molecule has 4 nitrogen and oxygen atoms in total. The molecule has 5 fully saturated rings. The van der Waals surface area contributed by atoms with Crippen molar-refractivity contribution in [2.75, 3.05) is 0 Å². The van der Waals surface area contributed by atoms with Gasteiger partial charge in [-0.3, -0.25) is 9.59 Å². The molecule has 0 amide bonds. The van der Waals surface area contributed by atoms with E-state index in [2.05, 4.69) is 19.9 Å². The van der Waals surface area contributed by atoms with Gasteiger partial charge < -0.3 is 9.47 Å². The summed E-state index contributed by atoms with van der Waals surface area (Å²) < 4.78 is 11.8. The van der Waals surface area contributed by atoms with Crippen LogP contribution in [0.1, 0.15) is 97.8 Å². The van der Waals surface area contributed by atoms with Gasteiger partial charge in [0.2, 0.25) is 0 Å². The zero-order chi connectivity index (χ0) is 23.0. The van der Waals surface area contributed by atoms with E-state index in [-0.39, 0.29) is 40.9 Å². The number of carbonyl (C=O) groups is 2. The topological polar surface area (TPSA) is 52.6 Å². The van der Waals surface area contributed by atoms with Crippen molar-refractivity contribution in [2.45, 2.75) is 110 Å². The van der Waals surface area contributed by atoms with Gasteiger partial charge in [-0.05, 0) is 111 Å². The van der Waals surface area contributed by atoms with Gasteiger partial charge in [-0.15, -0.1) is 0 Å². The molecule has 0 aliphatic heterocycles. The number of rotatable bonds is 3. The van der Waals surface area contributed by atoms with Crippen LogP contribution in [-0.4, -0.2) is 24.1 Å². The predicted octanol–water partition coefficient (Wildman–Crippen LogP) is 6.23. The van der Waals surface area contributed by atoms with Crippen molar-refractivity contribution in [1.82, 2.24) is 0 Å². The minimum absolute atomic E-state index is 0.0590. The number of carbonyl (C=O) groups excluding carboxylic acids is 2. The van der Waals surface area contributed by atoms with Crippen LogP contribution >= 0.6 is 0 Å². The van der Waals surface area contributed by atoms with Gasteiger partial charge in [0.1, 0.15) is 12.2 Å². The molecule has 6 rings (SSSR count). The quantitative estimate of drug-likeness (QED) is 0.375. The summed E-state index contributed by atoms with van der Waals surface area (Å²) in [6, 6.07) is 0. The average Bonchev–Trinajstić information content (AvgIpc) is 3.47. The second-order valence-electron chi connectivity index (χ2n) is 13.1. The number of fused-ring (bicyclic) bond motifs is 7. The van der Waals surface area contributed by atoms with E-state index in [9.17, 15) is 9.59 Å². The van der Waals surface area contributed by atoms with E-state index >= 15 is 0 Å². The van der Waals surface area contributed by atoms with E-state index in [1.807, 2.05) is 0 Å². The molecule has 10 atom stereocenters. The van der Waals surface area contributed by atoms with E-state index < -0.39 is 0 Å². The first kappa shape index (κ1) is 22.2. The highest BCUT2D eigenvalue weighted by Crippen LogP contribution is 2.66. The zero-order valence-electron chi connectivity index (χ0n) is 20.8. The lowest BCUT2D eigenvalue weighted by Crippen LogP contribution is -2.51. The molecular weight excluding hydrogens is 412 g/mol. The highest BCUT2D eigenvalue weighted by Gasteiger charge is 2.60. The van der Waals surface area contributed by atoms with Gasteiger partial charge in [0.05, 0.1) is 5.92 Å². The Labute approximate surface area is 199 Å². The molecule has 4 heteroatoms. The molecule has 2 bridgehead atoms. The smallest absolute Gasteiger partial charge is 0.309 e. The number of esters is 2. The van der Waals surface area contributed by atoms with E-state index in [0.717, 1.165) is 50.9 Å². The molecule has 0 heterocycles. The van der Waals surface area contributed by atoms with Crippen LogP contribution in [-0.2, 0) is 19.1 Å². The number of hydrogen-bond acceptors (Lipinski definition) is 4. The first-order valence-electron chi connectivity index (χ1n) is 13.8. The molecule has 6 aliphatic rings. The van der Waals surface area contributed by atoms with Crippen molar-refractivity contribution in [3.63, 3.8) is 0 Å². The minimum atomic E-state index is -0.152. The summed E-state index contributed by atoms with van der Waals surface area (Å²) in [4.78, 5) is 24.9. The third-order valence-corrected chi connectivity index (χ3v) is 11.6. The Morgan fingerprint density at radius 1 is 0.939 bits per heavy atom. The number of hydrogen-bond donors (Lipinski definition) is 0. The fourth-order valence-electron chi connectivity index (χ4n) is 9.91. The Morgan fingerprint density at radius 3 is 2.52 bits per heavy atom. The van der Waals surface area contributed by atoms with Gasteiger partial charge in [-0.1, -0.05) is 25.5 Å². The van der Waals surface area contributed by atoms with Gasteiger partial charge in [0, 0.05) is 13.3 Å². The highest BCUT2D eigenvalue weighted by molar-refractivity contribution is 5.74. The van der Waals surface area contributed by atoms with Crippen LogP contribution in [0, 0.1) is 46.3 Å². The molecule has 33 heavy (non-hydrogen) atoms. The van der Waals surface area contributed by atoms with Gasteiger partial charge in [-0.2, -0.15) is 0 Å². The van der Waals surface area contributed by atoms with Crippen LogP contribution in [0.2, 0.25) is 0 Å². The molecule has 0 N–H and O–H groups in total. The Hall–Kier alpha value is -1.32. The fraction of sp³-hybridized carbons (Fsp3) is 0.862.